The second kappa shape index (κ2) is 6.64. The van der Waals surface area contributed by atoms with Crippen LogP contribution >= 0.6 is 0 Å². The smallest absolute Gasteiger partial charge is 0.252 e. The van der Waals surface area contributed by atoms with Crippen molar-refractivity contribution in [2.75, 3.05) is 23.3 Å². The van der Waals surface area contributed by atoms with Gasteiger partial charge in [-0.1, -0.05) is 6.92 Å². The van der Waals surface area contributed by atoms with E-state index >= 15 is 0 Å². The number of aromatic amines is 1. The number of anilines is 3. The van der Waals surface area contributed by atoms with Crippen molar-refractivity contribution in [1.29, 1.82) is 0 Å². The number of H-pyrrole nitrogens is 1. The van der Waals surface area contributed by atoms with Crippen LogP contribution in [0.4, 0.5) is 17.3 Å². The largest absolute Gasteiger partial charge is 0.372 e. The van der Waals surface area contributed by atoms with Gasteiger partial charge in [0.25, 0.3) is 5.56 Å². The summed E-state index contributed by atoms with van der Waals surface area (Å²) < 4.78 is 0. The topological polar surface area (TPSA) is 61.0 Å². The van der Waals surface area contributed by atoms with E-state index in [-0.39, 0.29) is 5.56 Å². The summed E-state index contributed by atoms with van der Waals surface area (Å²) in [5, 5.41) is 3.16. The zero-order valence-electron chi connectivity index (χ0n) is 12.9. The minimum absolute atomic E-state index is 0.126. The lowest BCUT2D eigenvalue weighted by atomic mass is 10.1. The summed E-state index contributed by atoms with van der Waals surface area (Å²) in [5.74, 6) is 0.495. The summed E-state index contributed by atoms with van der Waals surface area (Å²) in [7, 11) is 0. The number of aryl methyl sites for hydroxylation is 1. The van der Waals surface area contributed by atoms with Gasteiger partial charge < -0.3 is 10.2 Å². The molecule has 0 bridgehead atoms. The monoisotopic (exact) mass is 298 g/mol. The summed E-state index contributed by atoms with van der Waals surface area (Å²) in [5.41, 5.74) is 2.85. The molecule has 1 aliphatic rings. The summed E-state index contributed by atoms with van der Waals surface area (Å²) >= 11 is 0. The molecule has 1 aromatic carbocycles. The van der Waals surface area contributed by atoms with Crippen molar-refractivity contribution in [1.82, 2.24) is 9.97 Å². The molecule has 0 saturated carbocycles. The average Bonchev–Trinajstić information content (AvgIpc) is 2.56. The lowest BCUT2D eigenvalue weighted by molar-refractivity contribution is 0.578. The minimum atomic E-state index is -0.126. The molecule has 0 spiro atoms. The van der Waals surface area contributed by atoms with Gasteiger partial charge in [-0.05, 0) is 49.9 Å². The predicted octanol–water partition coefficient (Wildman–Crippen LogP) is 3.07. The zero-order chi connectivity index (χ0) is 15.4. The third kappa shape index (κ3) is 3.47. The van der Waals surface area contributed by atoms with E-state index in [2.05, 4.69) is 32.3 Å². The third-order valence-corrected chi connectivity index (χ3v) is 4.01. The molecule has 116 valence electrons. The molecule has 1 fully saturated rings. The van der Waals surface area contributed by atoms with E-state index in [9.17, 15) is 4.79 Å². The van der Waals surface area contributed by atoms with Crippen LogP contribution in [0, 0.1) is 0 Å². The van der Waals surface area contributed by atoms with Crippen LogP contribution in [0.2, 0.25) is 0 Å². The number of piperidine rings is 1. The molecular weight excluding hydrogens is 276 g/mol. The van der Waals surface area contributed by atoms with Crippen molar-refractivity contribution in [3.8, 4) is 0 Å². The van der Waals surface area contributed by atoms with Gasteiger partial charge in [0.15, 0.2) is 0 Å². The Bertz CT molecular complexity index is 672. The highest BCUT2D eigenvalue weighted by molar-refractivity contribution is 5.59. The van der Waals surface area contributed by atoms with Crippen molar-refractivity contribution in [3.05, 3.63) is 46.4 Å². The number of hydrogen-bond donors (Lipinski definition) is 2. The maximum Gasteiger partial charge on any atom is 0.252 e. The van der Waals surface area contributed by atoms with Crippen LogP contribution in [0.1, 0.15) is 31.9 Å². The number of hydrogen-bond acceptors (Lipinski definition) is 4. The first-order valence-electron chi connectivity index (χ1n) is 7.97. The average molecular weight is 298 g/mol. The SMILES string of the molecule is CCc1cc(=O)[nH]c(Nc2ccc(N3CCCCC3)cc2)n1. The maximum atomic E-state index is 11.6. The molecule has 1 aromatic heterocycles. The fourth-order valence-corrected chi connectivity index (χ4v) is 2.79. The van der Waals surface area contributed by atoms with Crippen molar-refractivity contribution in [2.24, 2.45) is 0 Å². The Morgan fingerprint density at radius 1 is 1.18 bits per heavy atom. The quantitative estimate of drug-likeness (QED) is 0.910. The molecular formula is C17H22N4O. The Morgan fingerprint density at radius 3 is 2.59 bits per heavy atom. The summed E-state index contributed by atoms with van der Waals surface area (Å²) in [6, 6.07) is 9.83. The fraction of sp³-hybridized carbons (Fsp3) is 0.412. The van der Waals surface area contributed by atoms with E-state index in [0.29, 0.717) is 5.95 Å². The molecule has 1 aliphatic heterocycles. The van der Waals surface area contributed by atoms with E-state index in [0.717, 1.165) is 30.9 Å². The molecule has 0 unspecified atom stereocenters. The summed E-state index contributed by atoms with van der Waals surface area (Å²) in [6.45, 7) is 4.26. The van der Waals surface area contributed by atoms with E-state index < -0.39 is 0 Å². The molecule has 2 aromatic rings. The Labute approximate surface area is 130 Å². The number of nitrogens with zero attached hydrogens (tertiary/aromatic N) is 2. The van der Waals surface area contributed by atoms with Crippen LogP contribution < -0.4 is 15.8 Å². The Kier molecular flexibility index (Phi) is 4.42. The van der Waals surface area contributed by atoms with Gasteiger partial charge >= 0.3 is 0 Å². The van der Waals surface area contributed by atoms with Crippen molar-refractivity contribution >= 4 is 17.3 Å². The molecule has 2 N–H and O–H groups in total. The van der Waals surface area contributed by atoms with E-state index in [1.54, 1.807) is 0 Å². The fourth-order valence-electron chi connectivity index (χ4n) is 2.79. The normalized spacial score (nSPS) is 14.9. The molecule has 22 heavy (non-hydrogen) atoms. The first-order chi connectivity index (χ1) is 10.7. The maximum absolute atomic E-state index is 11.6. The molecule has 5 nitrogen and oxygen atoms in total. The Morgan fingerprint density at radius 2 is 1.91 bits per heavy atom. The van der Waals surface area contributed by atoms with Gasteiger partial charge in [0, 0.05) is 36.2 Å². The zero-order valence-corrected chi connectivity index (χ0v) is 12.9. The van der Waals surface area contributed by atoms with Gasteiger partial charge in [-0.2, -0.15) is 0 Å². The highest BCUT2D eigenvalue weighted by Crippen LogP contribution is 2.22. The van der Waals surface area contributed by atoms with Crippen LogP contribution in [-0.4, -0.2) is 23.1 Å². The summed E-state index contributed by atoms with van der Waals surface area (Å²) in [6.07, 6.45) is 4.62. The van der Waals surface area contributed by atoms with Crippen LogP contribution in [0.3, 0.4) is 0 Å². The predicted molar refractivity (Wildman–Crippen MR) is 90.0 cm³/mol. The molecule has 5 heteroatoms. The number of aromatic nitrogens is 2. The second-order valence-electron chi connectivity index (χ2n) is 5.66. The first kappa shape index (κ1) is 14.6. The Balaban J connectivity index is 1.73. The number of nitrogens with one attached hydrogen (secondary N) is 2. The van der Waals surface area contributed by atoms with Crippen molar-refractivity contribution < 1.29 is 0 Å². The molecule has 0 atom stereocenters. The second-order valence-corrected chi connectivity index (χ2v) is 5.66. The van der Waals surface area contributed by atoms with Crippen molar-refractivity contribution in [3.63, 3.8) is 0 Å². The van der Waals surface area contributed by atoms with E-state index in [1.807, 2.05) is 19.1 Å². The van der Waals surface area contributed by atoms with E-state index in [4.69, 9.17) is 0 Å². The van der Waals surface area contributed by atoms with Crippen LogP contribution in [-0.2, 0) is 6.42 Å². The van der Waals surface area contributed by atoms with Gasteiger partial charge in [-0.15, -0.1) is 0 Å². The van der Waals surface area contributed by atoms with Gasteiger partial charge in [0.1, 0.15) is 0 Å². The van der Waals surface area contributed by atoms with Crippen LogP contribution in [0.15, 0.2) is 35.1 Å². The minimum Gasteiger partial charge on any atom is -0.372 e. The van der Waals surface area contributed by atoms with E-state index in [1.165, 1.54) is 31.0 Å². The summed E-state index contributed by atoms with van der Waals surface area (Å²) in [4.78, 5) is 21.1. The van der Waals surface area contributed by atoms with Crippen LogP contribution in [0.5, 0.6) is 0 Å². The highest BCUT2D eigenvalue weighted by Gasteiger charge is 2.10. The lowest BCUT2D eigenvalue weighted by Crippen LogP contribution is -2.29. The lowest BCUT2D eigenvalue weighted by Gasteiger charge is -2.28. The molecule has 3 rings (SSSR count). The third-order valence-electron chi connectivity index (χ3n) is 4.01. The molecule has 0 amide bonds. The van der Waals surface area contributed by atoms with Gasteiger partial charge in [0.2, 0.25) is 5.95 Å². The Hall–Kier alpha value is -2.30. The standard InChI is InChI=1S/C17H22N4O/c1-2-13-12-16(22)20-17(18-13)19-14-6-8-15(9-7-14)21-10-4-3-5-11-21/h6-9,12H,2-5,10-11H2,1H3,(H2,18,19,20,22). The molecule has 2 heterocycles. The molecule has 0 radical (unpaired) electrons. The van der Waals surface area contributed by atoms with Gasteiger partial charge in [0.05, 0.1) is 0 Å². The van der Waals surface area contributed by atoms with Crippen molar-refractivity contribution in [2.45, 2.75) is 32.6 Å². The highest BCUT2D eigenvalue weighted by atomic mass is 16.1. The first-order valence-corrected chi connectivity index (χ1v) is 7.97. The van der Waals surface area contributed by atoms with Crippen LogP contribution in [0.25, 0.3) is 0 Å². The van der Waals surface area contributed by atoms with Gasteiger partial charge in [-0.3, -0.25) is 9.78 Å². The molecule has 0 aliphatic carbocycles. The number of benzene rings is 1. The van der Waals surface area contributed by atoms with Gasteiger partial charge in [-0.25, -0.2) is 4.98 Å². The number of rotatable bonds is 4. The molecule has 1 saturated heterocycles.